The maximum absolute atomic E-state index is 11.8. The number of nitrogens with two attached hydrogens (primary N) is 1. The van der Waals surface area contributed by atoms with E-state index >= 15 is 0 Å². The molecule has 198 valence electrons. The van der Waals surface area contributed by atoms with Crippen LogP contribution in [-0.2, 0) is 17.5 Å². The van der Waals surface area contributed by atoms with Crippen LogP contribution in [0.15, 0.2) is 83.1 Å². The lowest BCUT2D eigenvalue weighted by atomic mass is 10.1. The standard InChI is InChI=1S/C29H33N5O2S2/c1-21(2)36-28-13-12-25(38(30)35)18-26(28)31-29-32-27(20-37-29)23-8-10-24(11-9-23)34-16-14-33(15-17-34)19-22-6-4-3-5-7-22/h3-13,18,20-21H,14-17,19,30H2,1-2H3,(H,31,32). The SMILES string of the molecule is CC(C)Oc1ccc(S(N)=O)cc1Nc1nc(-c2ccc(N3CCN(Cc4ccccc4)CC3)cc2)cs1. The van der Waals surface area contributed by atoms with E-state index in [0.29, 0.717) is 16.3 Å². The van der Waals surface area contributed by atoms with E-state index in [1.807, 2.05) is 19.2 Å². The lowest BCUT2D eigenvalue weighted by molar-refractivity contribution is 0.243. The highest BCUT2D eigenvalue weighted by Crippen LogP contribution is 2.34. The highest BCUT2D eigenvalue weighted by molar-refractivity contribution is 7.82. The van der Waals surface area contributed by atoms with Crippen molar-refractivity contribution in [3.05, 3.63) is 83.7 Å². The molecule has 1 saturated heterocycles. The average molecular weight is 548 g/mol. The number of nitrogens with one attached hydrogen (secondary N) is 1. The van der Waals surface area contributed by atoms with Gasteiger partial charge in [0.05, 0.1) is 22.4 Å². The quantitative estimate of drug-likeness (QED) is 0.282. The van der Waals surface area contributed by atoms with Gasteiger partial charge in [0.2, 0.25) is 0 Å². The summed E-state index contributed by atoms with van der Waals surface area (Å²) >= 11 is 1.51. The van der Waals surface area contributed by atoms with Gasteiger partial charge in [-0.15, -0.1) is 11.3 Å². The molecule has 3 aromatic carbocycles. The van der Waals surface area contributed by atoms with E-state index in [1.165, 1.54) is 22.6 Å². The van der Waals surface area contributed by atoms with Crippen LogP contribution in [0.1, 0.15) is 19.4 Å². The van der Waals surface area contributed by atoms with Crippen molar-refractivity contribution in [1.29, 1.82) is 0 Å². The van der Waals surface area contributed by atoms with Crippen molar-refractivity contribution in [3.8, 4) is 17.0 Å². The lowest BCUT2D eigenvalue weighted by Crippen LogP contribution is -2.45. The van der Waals surface area contributed by atoms with Crippen molar-refractivity contribution in [1.82, 2.24) is 9.88 Å². The van der Waals surface area contributed by atoms with Crippen LogP contribution < -0.4 is 20.1 Å². The lowest BCUT2D eigenvalue weighted by Gasteiger charge is -2.36. The number of anilines is 3. The zero-order valence-electron chi connectivity index (χ0n) is 21.7. The Bertz CT molecular complexity index is 1370. The van der Waals surface area contributed by atoms with Gasteiger partial charge in [-0.25, -0.2) is 14.3 Å². The van der Waals surface area contributed by atoms with Crippen molar-refractivity contribution < 1.29 is 8.95 Å². The molecule has 7 nitrogen and oxygen atoms in total. The molecule has 3 N–H and O–H groups in total. The van der Waals surface area contributed by atoms with Crippen LogP contribution >= 0.6 is 11.3 Å². The highest BCUT2D eigenvalue weighted by atomic mass is 32.2. The van der Waals surface area contributed by atoms with Crippen LogP contribution in [0.4, 0.5) is 16.5 Å². The maximum Gasteiger partial charge on any atom is 0.187 e. The molecule has 38 heavy (non-hydrogen) atoms. The summed E-state index contributed by atoms with van der Waals surface area (Å²) in [6.07, 6.45) is 0.00184. The van der Waals surface area contributed by atoms with E-state index in [-0.39, 0.29) is 6.10 Å². The predicted molar refractivity (Wildman–Crippen MR) is 158 cm³/mol. The maximum atomic E-state index is 11.8. The Hall–Kier alpha value is -3.24. The van der Waals surface area contributed by atoms with Gasteiger partial charge in [0.1, 0.15) is 16.7 Å². The summed E-state index contributed by atoms with van der Waals surface area (Å²) in [5.41, 5.74) is 5.27. The molecule has 0 radical (unpaired) electrons. The summed E-state index contributed by atoms with van der Waals surface area (Å²) in [5, 5.41) is 11.7. The Labute approximate surface area is 230 Å². The first-order valence-electron chi connectivity index (χ1n) is 12.8. The van der Waals surface area contributed by atoms with E-state index in [9.17, 15) is 4.21 Å². The van der Waals surface area contributed by atoms with Gasteiger partial charge < -0.3 is 15.0 Å². The summed E-state index contributed by atoms with van der Waals surface area (Å²) in [4.78, 5) is 10.3. The Morgan fingerprint density at radius 1 is 1.03 bits per heavy atom. The first-order chi connectivity index (χ1) is 18.4. The normalized spacial score (nSPS) is 15.0. The molecule has 1 unspecified atom stereocenters. The number of aromatic nitrogens is 1. The Morgan fingerprint density at radius 3 is 2.45 bits per heavy atom. The number of hydrogen-bond acceptors (Lipinski definition) is 7. The number of nitrogens with zero attached hydrogens (tertiary/aromatic N) is 3. The molecule has 0 saturated carbocycles. The van der Waals surface area contributed by atoms with Crippen LogP contribution in [-0.4, -0.2) is 46.4 Å². The molecule has 0 spiro atoms. The molecule has 4 aromatic rings. The first kappa shape index (κ1) is 26.4. The van der Waals surface area contributed by atoms with Gasteiger partial charge in [0, 0.05) is 49.4 Å². The first-order valence-corrected chi connectivity index (χ1v) is 14.8. The third-order valence-corrected chi connectivity index (χ3v) is 7.92. The van der Waals surface area contributed by atoms with Crippen LogP contribution in [0.3, 0.4) is 0 Å². The summed E-state index contributed by atoms with van der Waals surface area (Å²) in [6.45, 7) is 9.09. The number of rotatable bonds is 9. The number of thiazole rings is 1. The van der Waals surface area contributed by atoms with Crippen LogP contribution in [0.5, 0.6) is 5.75 Å². The molecule has 1 aliphatic heterocycles. The number of benzene rings is 3. The van der Waals surface area contributed by atoms with Gasteiger partial charge in [0.15, 0.2) is 5.13 Å². The monoisotopic (exact) mass is 547 g/mol. The summed E-state index contributed by atoms with van der Waals surface area (Å²) in [6, 6.07) is 24.6. The Balaban J connectivity index is 1.22. The topological polar surface area (TPSA) is 83.7 Å². The molecular formula is C29H33N5O2S2. The molecular weight excluding hydrogens is 514 g/mol. The molecule has 0 aliphatic carbocycles. The average Bonchev–Trinajstić information content (AvgIpc) is 3.39. The molecule has 1 aliphatic rings. The second-order valence-electron chi connectivity index (χ2n) is 9.58. The van der Waals surface area contributed by atoms with E-state index in [1.54, 1.807) is 18.2 Å². The smallest absolute Gasteiger partial charge is 0.187 e. The van der Waals surface area contributed by atoms with Crippen molar-refractivity contribution >= 4 is 38.8 Å². The molecule has 1 atom stereocenters. The van der Waals surface area contributed by atoms with Gasteiger partial charge in [-0.05, 0) is 49.7 Å². The molecule has 1 aromatic heterocycles. The fraction of sp³-hybridized carbons (Fsp3) is 0.276. The number of piperazine rings is 1. The minimum atomic E-state index is -1.58. The van der Waals surface area contributed by atoms with E-state index in [0.717, 1.165) is 49.1 Å². The Morgan fingerprint density at radius 2 is 1.76 bits per heavy atom. The van der Waals surface area contributed by atoms with Crippen molar-refractivity contribution in [2.75, 3.05) is 36.4 Å². The zero-order chi connectivity index (χ0) is 26.5. The number of hydrogen-bond donors (Lipinski definition) is 2. The second-order valence-corrected chi connectivity index (χ2v) is 11.5. The zero-order valence-corrected chi connectivity index (χ0v) is 23.3. The molecule has 0 amide bonds. The third kappa shape index (κ3) is 6.60. The van der Waals surface area contributed by atoms with Crippen LogP contribution in [0.2, 0.25) is 0 Å². The van der Waals surface area contributed by atoms with Crippen LogP contribution in [0, 0.1) is 0 Å². The Kier molecular flexibility index (Phi) is 8.38. The molecule has 9 heteroatoms. The summed E-state index contributed by atoms with van der Waals surface area (Å²) < 4.78 is 17.7. The summed E-state index contributed by atoms with van der Waals surface area (Å²) in [5.74, 6) is 0.666. The van der Waals surface area contributed by atoms with Gasteiger partial charge in [0.25, 0.3) is 0 Å². The van der Waals surface area contributed by atoms with Crippen LogP contribution in [0.25, 0.3) is 11.3 Å². The fourth-order valence-electron chi connectivity index (χ4n) is 4.52. The largest absolute Gasteiger partial charge is 0.489 e. The minimum absolute atomic E-state index is 0.00184. The van der Waals surface area contributed by atoms with Gasteiger partial charge in [-0.1, -0.05) is 42.5 Å². The minimum Gasteiger partial charge on any atom is -0.489 e. The van der Waals surface area contributed by atoms with Crippen molar-refractivity contribution in [2.45, 2.75) is 31.4 Å². The number of ether oxygens (including phenoxy) is 1. The predicted octanol–water partition coefficient (Wildman–Crippen LogP) is 5.64. The molecule has 1 fully saturated rings. The molecule has 5 rings (SSSR count). The van der Waals surface area contributed by atoms with E-state index < -0.39 is 11.0 Å². The third-order valence-electron chi connectivity index (χ3n) is 6.44. The second kappa shape index (κ2) is 12.1. The van der Waals surface area contributed by atoms with E-state index in [2.05, 4.69) is 69.7 Å². The molecule has 0 bridgehead atoms. The highest BCUT2D eigenvalue weighted by Gasteiger charge is 2.18. The van der Waals surface area contributed by atoms with Gasteiger partial charge in [-0.3, -0.25) is 4.90 Å². The van der Waals surface area contributed by atoms with Crippen molar-refractivity contribution in [2.24, 2.45) is 5.14 Å². The fourth-order valence-corrected chi connectivity index (χ4v) is 5.68. The van der Waals surface area contributed by atoms with Gasteiger partial charge >= 0.3 is 0 Å². The molecule has 2 heterocycles. The van der Waals surface area contributed by atoms with Crippen molar-refractivity contribution in [3.63, 3.8) is 0 Å². The van der Waals surface area contributed by atoms with E-state index in [4.69, 9.17) is 14.9 Å². The van der Waals surface area contributed by atoms with Gasteiger partial charge in [-0.2, -0.15) is 0 Å². The summed E-state index contributed by atoms with van der Waals surface area (Å²) in [7, 11) is -1.58.